The molecule has 0 atom stereocenters. The Morgan fingerprint density at radius 2 is 1.96 bits per heavy atom. The first-order valence-corrected chi connectivity index (χ1v) is 9.85. The normalized spacial score (nSPS) is 11.2. The van der Waals surface area contributed by atoms with Crippen molar-refractivity contribution < 1.29 is 22.7 Å². The quantitative estimate of drug-likeness (QED) is 0.637. The van der Waals surface area contributed by atoms with Crippen molar-refractivity contribution in [3.8, 4) is 0 Å². The number of benzene rings is 1. The van der Waals surface area contributed by atoms with E-state index >= 15 is 0 Å². The number of nitrogens with one attached hydrogen (secondary N) is 2. The van der Waals surface area contributed by atoms with Crippen LogP contribution in [-0.4, -0.2) is 38.5 Å². The first-order valence-electron chi connectivity index (χ1n) is 7.99. The lowest BCUT2D eigenvalue weighted by atomic mass is 10.2. The van der Waals surface area contributed by atoms with Crippen LogP contribution < -0.4 is 10.0 Å². The second-order valence-electron chi connectivity index (χ2n) is 5.68. The van der Waals surface area contributed by atoms with E-state index < -0.39 is 16.0 Å². The Hall–Kier alpha value is -2.36. The molecule has 1 amide bonds. The van der Waals surface area contributed by atoms with E-state index in [2.05, 4.69) is 14.8 Å². The number of esters is 1. The molecule has 0 saturated heterocycles. The van der Waals surface area contributed by atoms with E-state index in [9.17, 15) is 18.0 Å². The number of amides is 1. The Balaban J connectivity index is 1.87. The van der Waals surface area contributed by atoms with Crippen LogP contribution in [-0.2, 0) is 33.1 Å². The van der Waals surface area contributed by atoms with Gasteiger partial charge in [0.2, 0.25) is 15.9 Å². The average molecular weight is 414 g/mol. The van der Waals surface area contributed by atoms with Gasteiger partial charge in [-0.2, -0.15) is 0 Å². The molecule has 10 heteroatoms. The van der Waals surface area contributed by atoms with Crippen LogP contribution in [0.2, 0.25) is 5.02 Å². The van der Waals surface area contributed by atoms with Gasteiger partial charge in [0, 0.05) is 37.8 Å². The molecule has 0 spiro atoms. The minimum Gasteiger partial charge on any atom is -0.464 e. The molecule has 27 heavy (non-hydrogen) atoms. The fraction of sp³-hybridized carbons (Fsp3) is 0.294. The molecular formula is C17H20ClN3O5S. The minimum atomic E-state index is -3.85. The third-order valence-electron chi connectivity index (χ3n) is 3.76. The third-order valence-corrected chi connectivity index (χ3v) is 5.56. The summed E-state index contributed by atoms with van der Waals surface area (Å²) in [5.41, 5.74) is 0.878. The summed E-state index contributed by atoms with van der Waals surface area (Å²) in [4.78, 5) is 23.4. The summed E-state index contributed by atoms with van der Waals surface area (Å²) in [5, 5.41) is 3.22. The number of aromatic nitrogens is 1. The zero-order chi connectivity index (χ0) is 20.0. The maximum absolute atomic E-state index is 12.3. The smallest absolute Gasteiger partial charge is 0.354 e. The molecular weight excluding hydrogens is 394 g/mol. The van der Waals surface area contributed by atoms with Crippen LogP contribution in [0.4, 0.5) is 0 Å². The summed E-state index contributed by atoms with van der Waals surface area (Å²) in [6, 6.07) is 8.33. The molecule has 2 N–H and O–H groups in total. The number of sulfonamides is 1. The monoisotopic (exact) mass is 413 g/mol. The van der Waals surface area contributed by atoms with E-state index in [-0.39, 0.29) is 36.0 Å². The summed E-state index contributed by atoms with van der Waals surface area (Å²) in [6.45, 7) is 0.172. The number of carbonyl (C=O) groups excluding carboxylic acids is 2. The van der Waals surface area contributed by atoms with E-state index in [1.54, 1.807) is 18.2 Å². The van der Waals surface area contributed by atoms with Gasteiger partial charge in [0.05, 0.1) is 7.11 Å². The van der Waals surface area contributed by atoms with Crippen LogP contribution >= 0.6 is 11.6 Å². The SMILES string of the molecule is COC(=O)c1cc(S(=O)(=O)NCCC(=O)NCc2ccccc2Cl)cn1C. The van der Waals surface area contributed by atoms with Gasteiger partial charge in [-0.25, -0.2) is 17.9 Å². The van der Waals surface area contributed by atoms with Gasteiger partial charge in [-0.05, 0) is 17.7 Å². The Morgan fingerprint density at radius 3 is 2.63 bits per heavy atom. The molecule has 0 unspecified atom stereocenters. The van der Waals surface area contributed by atoms with Crippen LogP contribution in [0.1, 0.15) is 22.5 Å². The molecule has 0 radical (unpaired) electrons. The lowest BCUT2D eigenvalue weighted by Crippen LogP contribution is -2.30. The van der Waals surface area contributed by atoms with Gasteiger partial charge in [0.25, 0.3) is 0 Å². The Bertz CT molecular complexity index is 940. The van der Waals surface area contributed by atoms with E-state index in [4.69, 9.17) is 11.6 Å². The van der Waals surface area contributed by atoms with Crippen LogP contribution in [0.25, 0.3) is 0 Å². The molecule has 2 rings (SSSR count). The number of carbonyl (C=O) groups is 2. The highest BCUT2D eigenvalue weighted by Gasteiger charge is 2.20. The van der Waals surface area contributed by atoms with Gasteiger partial charge < -0.3 is 14.6 Å². The van der Waals surface area contributed by atoms with E-state index in [1.807, 2.05) is 6.07 Å². The minimum absolute atomic E-state index is 0.0413. The molecule has 2 aromatic rings. The third kappa shape index (κ3) is 5.56. The van der Waals surface area contributed by atoms with Crippen molar-refractivity contribution in [3.63, 3.8) is 0 Å². The van der Waals surface area contributed by atoms with Gasteiger partial charge in [0.15, 0.2) is 0 Å². The summed E-state index contributed by atoms with van der Waals surface area (Å²) >= 11 is 6.01. The zero-order valence-corrected chi connectivity index (χ0v) is 16.4. The topological polar surface area (TPSA) is 106 Å². The number of methoxy groups -OCH3 is 1. The van der Waals surface area contributed by atoms with E-state index in [0.29, 0.717) is 5.02 Å². The maximum Gasteiger partial charge on any atom is 0.354 e. The zero-order valence-electron chi connectivity index (χ0n) is 14.9. The Morgan fingerprint density at radius 1 is 1.26 bits per heavy atom. The average Bonchev–Trinajstić information content (AvgIpc) is 3.03. The molecule has 0 aliphatic rings. The molecule has 146 valence electrons. The van der Waals surface area contributed by atoms with Crippen LogP contribution in [0, 0.1) is 0 Å². The predicted octanol–water partition coefficient (Wildman–Crippen LogP) is 1.45. The fourth-order valence-electron chi connectivity index (χ4n) is 2.29. The Kier molecular flexibility index (Phi) is 7.00. The highest BCUT2D eigenvalue weighted by molar-refractivity contribution is 7.89. The standard InChI is InChI=1S/C17H20ClN3O5S/c1-21-11-13(9-15(21)17(23)26-2)27(24,25)20-8-7-16(22)19-10-12-5-3-4-6-14(12)18/h3-6,9,11,20H,7-8,10H2,1-2H3,(H,19,22). The van der Waals surface area contributed by atoms with Gasteiger partial charge in [-0.1, -0.05) is 29.8 Å². The molecule has 1 aromatic heterocycles. The lowest BCUT2D eigenvalue weighted by Gasteiger charge is -2.08. The summed E-state index contributed by atoms with van der Waals surface area (Å²) in [6.07, 6.45) is 1.26. The first kappa shape index (κ1) is 20.9. The number of ether oxygens (including phenoxy) is 1. The largest absolute Gasteiger partial charge is 0.464 e. The fourth-order valence-corrected chi connectivity index (χ4v) is 3.60. The Labute approximate surface area is 162 Å². The van der Waals surface area contributed by atoms with Gasteiger partial charge in [0.1, 0.15) is 10.6 Å². The highest BCUT2D eigenvalue weighted by atomic mass is 35.5. The van der Waals surface area contributed by atoms with Crippen LogP contribution in [0.3, 0.4) is 0 Å². The van der Waals surface area contributed by atoms with Crippen molar-refractivity contribution >= 4 is 33.5 Å². The predicted molar refractivity (Wildman–Crippen MR) is 99.9 cm³/mol. The molecule has 0 aliphatic heterocycles. The van der Waals surface area contributed by atoms with Gasteiger partial charge in [-0.3, -0.25) is 4.79 Å². The maximum atomic E-state index is 12.3. The van der Waals surface area contributed by atoms with Crippen LogP contribution in [0.15, 0.2) is 41.4 Å². The van der Waals surface area contributed by atoms with E-state index in [1.165, 1.54) is 31.0 Å². The number of rotatable bonds is 8. The number of nitrogens with zero attached hydrogens (tertiary/aromatic N) is 1. The number of hydrogen-bond donors (Lipinski definition) is 2. The van der Waals surface area contributed by atoms with Gasteiger partial charge >= 0.3 is 5.97 Å². The van der Waals surface area contributed by atoms with Crippen molar-refractivity contribution in [1.82, 2.24) is 14.6 Å². The number of aryl methyl sites for hydroxylation is 1. The number of hydrogen-bond acceptors (Lipinski definition) is 5. The second-order valence-corrected chi connectivity index (χ2v) is 7.85. The van der Waals surface area contributed by atoms with Gasteiger partial charge in [-0.15, -0.1) is 0 Å². The van der Waals surface area contributed by atoms with Crippen molar-refractivity contribution in [2.75, 3.05) is 13.7 Å². The molecule has 0 bridgehead atoms. The second kappa shape index (κ2) is 9.03. The van der Waals surface area contributed by atoms with Crippen molar-refractivity contribution in [2.24, 2.45) is 7.05 Å². The van der Waals surface area contributed by atoms with Crippen molar-refractivity contribution in [1.29, 1.82) is 0 Å². The molecule has 0 fully saturated rings. The summed E-state index contributed by atoms with van der Waals surface area (Å²) < 4.78 is 32.9. The van der Waals surface area contributed by atoms with Crippen molar-refractivity contribution in [3.05, 3.63) is 52.8 Å². The molecule has 0 saturated carbocycles. The summed E-state index contributed by atoms with van der Waals surface area (Å²) in [7, 11) is -1.11. The van der Waals surface area contributed by atoms with E-state index in [0.717, 1.165) is 5.56 Å². The highest BCUT2D eigenvalue weighted by Crippen LogP contribution is 2.15. The summed E-state index contributed by atoms with van der Waals surface area (Å²) in [5.74, 6) is -0.959. The number of halogens is 1. The first-order chi connectivity index (χ1) is 12.7. The van der Waals surface area contributed by atoms with Crippen LogP contribution in [0.5, 0.6) is 0 Å². The van der Waals surface area contributed by atoms with Crippen molar-refractivity contribution in [2.45, 2.75) is 17.9 Å². The lowest BCUT2D eigenvalue weighted by molar-refractivity contribution is -0.121. The molecule has 0 aliphatic carbocycles. The molecule has 1 aromatic carbocycles. The molecule has 1 heterocycles. The molecule has 8 nitrogen and oxygen atoms in total.